The van der Waals surface area contributed by atoms with E-state index < -0.39 is 0 Å². The smallest absolute Gasteiger partial charge is 0.0803 e. The molecule has 0 N–H and O–H groups in total. The maximum Gasteiger partial charge on any atom is 0.0803 e. The van der Waals surface area contributed by atoms with Crippen molar-refractivity contribution in [2.45, 2.75) is 162 Å². The van der Waals surface area contributed by atoms with Crippen LogP contribution in [0.4, 0.5) is 114 Å². The van der Waals surface area contributed by atoms with Crippen molar-refractivity contribution < 1.29 is 8.97 Å². The molecule has 10 aromatic carbocycles. The van der Waals surface area contributed by atoms with E-state index in [2.05, 4.69) is 445 Å². The highest BCUT2D eigenvalue weighted by atomic mass is 15.4. The number of fused-ring (bicyclic) bond motifs is 10. The highest BCUT2D eigenvalue weighted by molar-refractivity contribution is 5.98. The summed E-state index contributed by atoms with van der Waals surface area (Å²) in [5, 5.41) is 0. The Balaban J connectivity index is 0.000000144. The molecule has 10 aromatic rings. The van der Waals surface area contributed by atoms with Crippen LogP contribution in [0.15, 0.2) is 237 Å². The van der Waals surface area contributed by atoms with Crippen LogP contribution in [0.5, 0.6) is 0 Å². The van der Waals surface area contributed by atoms with Crippen LogP contribution in [0.1, 0.15) is 150 Å². The Kier molecular flexibility index (Phi) is 27.1. The topological polar surface area (TPSA) is 32.4 Å². The molecule has 12 nitrogen and oxygen atoms in total. The number of anilines is 20. The van der Waals surface area contributed by atoms with Gasteiger partial charge in [0.2, 0.25) is 0 Å². The van der Waals surface area contributed by atoms with Crippen LogP contribution in [0.3, 0.4) is 0 Å². The van der Waals surface area contributed by atoms with Crippen molar-refractivity contribution in [3.05, 3.63) is 242 Å². The quantitative estimate of drug-likeness (QED) is 0.0775. The second-order valence-corrected chi connectivity index (χ2v) is 35.8. The Morgan fingerprint density at radius 2 is 0.456 bits per heavy atom. The molecule has 0 aliphatic carbocycles. The monoisotopic (exact) mass is 1530 g/mol. The molecular weight excluding hydrogens is 1390 g/mol. The van der Waals surface area contributed by atoms with E-state index in [9.17, 15) is 0 Å². The lowest BCUT2D eigenvalue weighted by atomic mass is 9.86. The first-order valence-corrected chi connectivity index (χ1v) is 42.8. The number of nitrogens with zero attached hydrogens (tertiary/aromatic N) is 12. The van der Waals surface area contributed by atoms with Gasteiger partial charge in [-0.1, -0.05) is 178 Å². The zero-order valence-electron chi connectivity index (χ0n) is 73.9. The normalized spacial score (nSPS) is 13.9. The fourth-order valence-corrected chi connectivity index (χ4v) is 17.7. The Bertz CT molecular complexity index is 4350. The van der Waals surface area contributed by atoms with E-state index in [-0.39, 0.29) is 16.2 Å². The molecule has 0 atom stereocenters. The number of rotatable bonds is 18. The standard InChI is InChI=1S/C30H50N4.C22H30N2.2C18H22N2.C14H14N2/c1-7-33(8-2,9-3)25-17-23-31-27-19-13-15-21-29(27)32(30-22-16-14-20-28(30)31)24-18-26-34(10-4,11-5)12-6;1-21(2,3)15-23-17-11-7-9-13-19(17)24(16-22(4,5)6)20-14-10-8-12-18(20)23;1-18(2,3)13-10-11-16-17(12-13)20(5)15-9-7-6-8-14(15)19(16)4;1-13(2)19-15-9-5-7-11-17(15)20(14(3)4)18-12-8-6-10-16(18)19;1-15-11-7-3-5-9-13(11)16(2)14-10-6-4-8-12(14)15/h13-16,19-22H,7-12,17-18,23-26H2,1-6H3;7-14H,15-16H2,1-6H3;6-12H,1-5H3;5-14H,1-4H3;3-10H,1-2H3/q+2;;;;. The van der Waals surface area contributed by atoms with Crippen molar-refractivity contribution in [2.75, 3.05) is 156 Å². The van der Waals surface area contributed by atoms with Gasteiger partial charge < -0.3 is 58.0 Å². The summed E-state index contributed by atoms with van der Waals surface area (Å²) in [7, 11) is 8.52. The van der Waals surface area contributed by atoms with Gasteiger partial charge in [-0.05, 0) is 212 Å². The molecule has 0 saturated heterocycles. The summed E-state index contributed by atoms with van der Waals surface area (Å²) in [6, 6.07) is 86.3. The van der Waals surface area contributed by atoms with Crippen LogP contribution in [0.25, 0.3) is 0 Å². The molecule has 0 aromatic heterocycles. The summed E-state index contributed by atoms with van der Waals surface area (Å²) in [5.74, 6) is 0. The average molecular weight is 1530 g/mol. The molecule has 5 aliphatic rings. The third-order valence-corrected chi connectivity index (χ3v) is 24.4. The summed E-state index contributed by atoms with van der Waals surface area (Å²) >= 11 is 0. The minimum atomic E-state index is 0.172. The van der Waals surface area contributed by atoms with Gasteiger partial charge in [-0.25, -0.2) is 0 Å². The first-order valence-electron chi connectivity index (χ1n) is 42.8. The van der Waals surface area contributed by atoms with Crippen LogP contribution < -0.4 is 49.0 Å². The molecule has 12 heteroatoms. The van der Waals surface area contributed by atoms with Gasteiger partial charge >= 0.3 is 0 Å². The van der Waals surface area contributed by atoms with E-state index in [1.54, 1.807) is 0 Å². The number of benzene rings is 10. The van der Waals surface area contributed by atoms with Crippen LogP contribution in [0.2, 0.25) is 0 Å². The number of para-hydroxylation sites is 18. The van der Waals surface area contributed by atoms with Crippen molar-refractivity contribution in [1.82, 2.24) is 0 Å². The van der Waals surface area contributed by atoms with Crippen molar-refractivity contribution >= 4 is 114 Å². The van der Waals surface area contributed by atoms with E-state index >= 15 is 0 Å². The molecular formula is C102H138N12+2. The minimum absolute atomic E-state index is 0.172. The van der Waals surface area contributed by atoms with Crippen LogP contribution in [-0.4, -0.2) is 128 Å². The summed E-state index contributed by atoms with van der Waals surface area (Å²) in [6.45, 7) is 57.7. The molecule has 0 amide bonds. The van der Waals surface area contributed by atoms with Crippen molar-refractivity contribution in [3.63, 3.8) is 0 Å². The third-order valence-electron chi connectivity index (χ3n) is 24.4. The summed E-state index contributed by atoms with van der Waals surface area (Å²) < 4.78 is 2.44. The molecule has 0 unspecified atom stereocenters. The first-order chi connectivity index (χ1) is 54.5. The molecule has 0 spiro atoms. The van der Waals surface area contributed by atoms with E-state index in [0.29, 0.717) is 12.1 Å². The van der Waals surface area contributed by atoms with Gasteiger partial charge in [-0.3, -0.25) is 0 Å². The molecule has 15 rings (SSSR count). The maximum atomic E-state index is 2.58. The van der Waals surface area contributed by atoms with Gasteiger partial charge in [0, 0.05) is 79.3 Å². The van der Waals surface area contributed by atoms with Crippen LogP contribution in [-0.2, 0) is 5.41 Å². The Morgan fingerprint density at radius 3 is 0.667 bits per heavy atom. The van der Waals surface area contributed by atoms with Crippen LogP contribution in [0, 0.1) is 10.8 Å². The highest BCUT2D eigenvalue weighted by Gasteiger charge is 2.36. The molecule has 5 aliphatic heterocycles. The Hall–Kier alpha value is -9.88. The Morgan fingerprint density at radius 1 is 0.254 bits per heavy atom. The molecule has 0 bridgehead atoms. The molecule has 0 radical (unpaired) electrons. The molecule has 0 fully saturated rings. The third kappa shape index (κ3) is 18.4. The summed E-state index contributed by atoms with van der Waals surface area (Å²) in [4.78, 5) is 24.1. The molecule has 5 heterocycles. The molecule has 604 valence electrons. The summed E-state index contributed by atoms with van der Waals surface area (Å²) in [5.41, 5.74) is 28.0. The number of hydrogen-bond acceptors (Lipinski definition) is 10. The molecule has 0 saturated carbocycles. The lowest BCUT2D eigenvalue weighted by Gasteiger charge is -2.44. The van der Waals surface area contributed by atoms with E-state index in [1.165, 1.54) is 193 Å². The number of hydrogen-bond donors (Lipinski definition) is 0. The highest BCUT2D eigenvalue weighted by Crippen LogP contribution is 2.54. The first kappa shape index (κ1) is 85.0. The SMILES string of the molecule is CC(C)(C)CN1c2ccccc2N(CC(C)(C)C)c2ccccc21.CC(C)N1c2ccccc2N(C(C)C)c2ccccc21.CC[N+](CC)(CC)CCCN1c2ccccc2N(CCC[N+](CC)(CC)CC)c2ccccc21.CN1c2ccccc2N(C)c2cc(C(C)(C)C)ccc21.CN1c2ccccc2N(C)c2ccccc21. The largest absolute Gasteiger partial charge is 0.341 e. The van der Waals surface area contributed by atoms with Gasteiger partial charge in [0.05, 0.1) is 166 Å². The zero-order valence-corrected chi connectivity index (χ0v) is 73.9. The second kappa shape index (κ2) is 36.3. The number of quaternary nitrogens is 2. The predicted octanol–water partition coefficient (Wildman–Crippen LogP) is 26.6. The predicted molar refractivity (Wildman–Crippen MR) is 500 cm³/mol. The van der Waals surface area contributed by atoms with E-state index in [0.717, 1.165) is 26.2 Å². The van der Waals surface area contributed by atoms with Crippen molar-refractivity contribution in [3.8, 4) is 0 Å². The van der Waals surface area contributed by atoms with Crippen LogP contribution >= 0.6 is 0 Å². The zero-order chi connectivity index (χ0) is 82.0. The van der Waals surface area contributed by atoms with Crippen molar-refractivity contribution in [1.29, 1.82) is 0 Å². The van der Waals surface area contributed by atoms with E-state index in [1.807, 2.05) is 0 Å². The van der Waals surface area contributed by atoms with Gasteiger partial charge in [0.15, 0.2) is 0 Å². The Labute approximate surface area is 689 Å². The summed E-state index contributed by atoms with van der Waals surface area (Å²) in [6.07, 6.45) is 2.42. The lowest BCUT2D eigenvalue weighted by molar-refractivity contribution is -0.923. The fraction of sp³-hybridized carbons (Fsp3) is 0.412. The lowest BCUT2D eigenvalue weighted by Crippen LogP contribution is -2.49. The fourth-order valence-electron chi connectivity index (χ4n) is 17.7. The van der Waals surface area contributed by atoms with Gasteiger partial charge in [-0.15, -0.1) is 0 Å². The van der Waals surface area contributed by atoms with Gasteiger partial charge in [0.25, 0.3) is 0 Å². The second-order valence-electron chi connectivity index (χ2n) is 35.8. The maximum absolute atomic E-state index is 2.58. The average Bonchev–Trinajstić information content (AvgIpc) is 0.741. The minimum Gasteiger partial charge on any atom is -0.341 e. The van der Waals surface area contributed by atoms with Gasteiger partial charge in [0.1, 0.15) is 0 Å². The van der Waals surface area contributed by atoms with Gasteiger partial charge in [-0.2, -0.15) is 0 Å². The molecule has 114 heavy (non-hydrogen) atoms. The van der Waals surface area contributed by atoms with E-state index in [4.69, 9.17) is 0 Å². The van der Waals surface area contributed by atoms with Crippen molar-refractivity contribution in [2.24, 2.45) is 10.8 Å².